The van der Waals surface area contributed by atoms with Gasteiger partial charge in [0, 0.05) is 18.5 Å². The molecule has 2 rings (SSSR count). The summed E-state index contributed by atoms with van der Waals surface area (Å²) in [6.45, 7) is 0.677. The van der Waals surface area contributed by atoms with Gasteiger partial charge in [-0.05, 0) is 37.0 Å². The first-order valence-electron chi connectivity index (χ1n) is 6.35. The number of nitrogens with two attached hydrogens (primary N) is 1. The molecule has 4 nitrogen and oxygen atoms in total. The van der Waals surface area contributed by atoms with Crippen LogP contribution in [0.2, 0.25) is 0 Å². The number of carbonyl (C=O) groups excluding carboxylic acids is 1. The standard InChI is InChI=1S/C14H20N2O2/c1-18-13-4-2-10(3-5-13)6-7-16-14(17)11-8-12(15)9-11/h2-5,11-12H,6-9,15H2,1H3,(H,16,17). The molecule has 0 unspecified atom stereocenters. The highest BCUT2D eigenvalue weighted by Gasteiger charge is 2.31. The zero-order valence-corrected chi connectivity index (χ0v) is 10.7. The molecule has 98 valence electrons. The second kappa shape index (κ2) is 5.87. The van der Waals surface area contributed by atoms with E-state index in [1.165, 1.54) is 5.56 Å². The number of ether oxygens (including phenoxy) is 1. The number of benzene rings is 1. The van der Waals surface area contributed by atoms with Crippen LogP contribution in [0.1, 0.15) is 18.4 Å². The molecule has 1 aromatic carbocycles. The molecule has 1 saturated carbocycles. The van der Waals surface area contributed by atoms with E-state index in [4.69, 9.17) is 10.5 Å². The van der Waals surface area contributed by atoms with Crippen LogP contribution in [0, 0.1) is 5.92 Å². The Morgan fingerprint density at radius 2 is 2.06 bits per heavy atom. The van der Waals surface area contributed by atoms with Gasteiger partial charge >= 0.3 is 0 Å². The fraction of sp³-hybridized carbons (Fsp3) is 0.500. The maximum Gasteiger partial charge on any atom is 0.223 e. The summed E-state index contributed by atoms with van der Waals surface area (Å²) in [5, 5.41) is 2.96. The zero-order chi connectivity index (χ0) is 13.0. The summed E-state index contributed by atoms with van der Waals surface area (Å²) in [5.74, 6) is 1.13. The number of nitrogens with one attached hydrogen (secondary N) is 1. The Morgan fingerprint density at radius 3 is 2.61 bits per heavy atom. The van der Waals surface area contributed by atoms with E-state index in [0.29, 0.717) is 6.54 Å². The normalized spacial score (nSPS) is 22.1. The molecule has 1 fully saturated rings. The third-order valence-electron chi connectivity index (χ3n) is 3.42. The van der Waals surface area contributed by atoms with Gasteiger partial charge in [-0.2, -0.15) is 0 Å². The molecule has 1 aromatic rings. The molecule has 0 spiro atoms. The minimum Gasteiger partial charge on any atom is -0.497 e. The Bertz CT molecular complexity index is 397. The van der Waals surface area contributed by atoms with Gasteiger partial charge in [0.2, 0.25) is 5.91 Å². The van der Waals surface area contributed by atoms with Gasteiger partial charge in [0.05, 0.1) is 7.11 Å². The summed E-state index contributed by atoms with van der Waals surface area (Å²) in [7, 11) is 1.65. The van der Waals surface area contributed by atoms with E-state index in [9.17, 15) is 4.79 Å². The zero-order valence-electron chi connectivity index (χ0n) is 10.7. The lowest BCUT2D eigenvalue weighted by atomic mass is 9.80. The lowest BCUT2D eigenvalue weighted by molar-refractivity contribution is -0.127. The van der Waals surface area contributed by atoms with E-state index in [0.717, 1.165) is 25.0 Å². The number of hydrogen-bond acceptors (Lipinski definition) is 3. The van der Waals surface area contributed by atoms with Crippen molar-refractivity contribution >= 4 is 5.91 Å². The Balaban J connectivity index is 1.69. The molecule has 0 heterocycles. The fourth-order valence-corrected chi connectivity index (χ4v) is 2.14. The van der Waals surface area contributed by atoms with Crippen LogP contribution in [-0.4, -0.2) is 25.6 Å². The van der Waals surface area contributed by atoms with Crippen molar-refractivity contribution < 1.29 is 9.53 Å². The highest BCUT2D eigenvalue weighted by Crippen LogP contribution is 2.25. The molecular weight excluding hydrogens is 228 g/mol. The third-order valence-corrected chi connectivity index (χ3v) is 3.42. The van der Waals surface area contributed by atoms with E-state index in [1.54, 1.807) is 7.11 Å². The molecule has 0 saturated heterocycles. The quantitative estimate of drug-likeness (QED) is 0.820. The molecule has 1 amide bonds. The van der Waals surface area contributed by atoms with Crippen molar-refractivity contribution in [1.82, 2.24) is 5.32 Å². The van der Waals surface area contributed by atoms with Crippen LogP contribution < -0.4 is 15.8 Å². The molecule has 0 aliphatic heterocycles. The van der Waals surface area contributed by atoms with Crippen LogP contribution in [-0.2, 0) is 11.2 Å². The van der Waals surface area contributed by atoms with Gasteiger partial charge in [-0.25, -0.2) is 0 Å². The summed E-state index contributed by atoms with van der Waals surface area (Å²) in [6, 6.07) is 8.13. The Kier molecular flexibility index (Phi) is 4.20. The first-order chi connectivity index (χ1) is 8.69. The number of amides is 1. The van der Waals surface area contributed by atoms with Crippen LogP contribution in [0.25, 0.3) is 0 Å². The van der Waals surface area contributed by atoms with Gasteiger partial charge in [-0.1, -0.05) is 12.1 Å². The van der Waals surface area contributed by atoms with Crippen molar-refractivity contribution in [2.24, 2.45) is 11.7 Å². The molecule has 1 aliphatic rings. The highest BCUT2D eigenvalue weighted by molar-refractivity contribution is 5.79. The lowest BCUT2D eigenvalue weighted by Gasteiger charge is -2.31. The van der Waals surface area contributed by atoms with Gasteiger partial charge in [0.1, 0.15) is 5.75 Å². The maximum atomic E-state index is 11.7. The third kappa shape index (κ3) is 3.23. The predicted octanol–water partition coefficient (Wildman–Crippen LogP) is 1.09. The first-order valence-corrected chi connectivity index (χ1v) is 6.35. The molecular formula is C14H20N2O2. The smallest absolute Gasteiger partial charge is 0.223 e. The van der Waals surface area contributed by atoms with Crippen LogP contribution in [0.15, 0.2) is 24.3 Å². The SMILES string of the molecule is COc1ccc(CCNC(=O)C2CC(N)C2)cc1. The van der Waals surface area contributed by atoms with Gasteiger partial charge in [0.25, 0.3) is 0 Å². The topological polar surface area (TPSA) is 64.3 Å². The molecule has 4 heteroatoms. The largest absolute Gasteiger partial charge is 0.497 e. The Morgan fingerprint density at radius 1 is 1.39 bits per heavy atom. The van der Waals surface area contributed by atoms with Gasteiger partial charge in [0.15, 0.2) is 0 Å². The maximum absolute atomic E-state index is 11.7. The van der Waals surface area contributed by atoms with E-state index >= 15 is 0 Å². The number of carbonyl (C=O) groups is 1. The van der Waals surface area contributed by atoms with Crippen LogP contribution in [0.5, 0.6) is 5.75 Å². The van der Waals surface area contributed by atoms with E-state index in [-0.39, 0.29) is 17.9 Å². The number of hydrogen-bond donors (Lipinski definition) is 2. The molecule has 18 heavy (non-hydrogen) atoms. The molecule has 0 bridgehead atoms. The van der Waals surface area contributed by atoms with E-state index in [2.05, 4.69) is 5.32 Å². The summed E-state index contributed by atoms with van der Waals surface area (Å²) >= 11 is 0. The summed E-state index contributed by atoms with van der Waals surface area (Å²) < 4.78 is 5.09. The van der Waals surface area contributed by atoms with Gasteiger partial charge in [-0.15, -0.1) is 0 Å². The van der Waals surface area contributed by atoms with Crippen molar-refractivity contribution in [3.63, 3.8) is 0 Å². The Hall–Kier alpha value is -1.55. The molecule has 3 N–H and O–H groups in total. The summed E-state index contributed by atoms with van der Waals surface area (Å²) in [6.07, 6.45) is 2.50. The Labute approximate surface area is 108 Å². The second-order valence-corrected chi connectivity index (χ2v) is 4.82. The van der Waals surface area contributed by atoms with E-state index in [1.807, 2.05) is 24.3 Å². The van der Waals surface area contributed by atoms with Crippen molar-refractivity contribution in [1.29, 1.82) is 0 Å². The van der Waals surface area contributed by atoms with Crippen LogP contribution in [0.4, 0.5) is 0 Å². The van der Waals surface area contributed by atoms with Crippen molar-refractivity contribution in [2.75, 3.05) is 13.7 Å². The second-order valence-electron chi connectivity index (χ2n) is 4.82. The monoisotopic (exact) mass is 248 g/mol. The van der Waals surface area contributed by atoms with Crippen LogP contribution in [0.3, 0.4) is 0 Å². The fourth-order valence-electron chi connectivity index (χ4n) is 2.14. The van der Waals surface area contributed by atoms with Crippen molar-refractivity contribution in [3.05, 3.63) is 29.8 Å². The highest BCUT2D eigenvalue weighted by atomic mass is 16.5. The average Bonchev–Trinajstić information content (AvgIpc) is 2.35. The van der Waals surface area contributed by atoms with Crippen LogP contribution >= 0.6 is 0 Å². The van der Waals surface area contributed by atoms with Crippen molar-refractivity contribution in [3.8, 4) is 5.75 Å². The number of rotatable bonds is 5. The predicted molar refractivity (Wildman–Crippen MR) is 70.4 cm³/mol. The molecule has 0 radical (unpaired) electrons. The van der Waals surface area contributed by atoms with Crippen molar-refractivity contribution in [2.45, 2.75) is 25.3 Å². The van der Waals surface area contributed by atoms with Gasteiger partial charge < -0.3 is 15.8 Å². The molecule has 0 aromatic heterocycles. The number of methoxy groups -OCH3 is 1. The lowest BCUT2D eigenvalue weighted by Crippen LogP contribution is -2.45. The van der Waals surface area contributed by atoms with Gasteiger partial charge in [-0.3, -0.25) is 4.79 Å². The average molecular weight is 248 g/mol. The summed E-state index contributed by atoms with van der Waals surface area (Å²) in [5.41, 5.74) is 6.86. The minimum atomic E-state index is 0.135. The molecule has 1 aliphatic carbocycles. The summed E-state index contributed by atoms with van der Waals surface area (Å²) in [4.78, 5) is 11.7. The van der Waals surface area contributed by atoms with E-state index < -0.39 is 0 Å². The molecule has 0 atom stereocenters. The first kappa shape index (κ1) is 12.9. The minimum absolute atomic E-state index is 0.135.